The highest BCUT2D eigenvalue weighted by Crippen LogP contribution is 2.26. The van der Waals surface area contributed by atoms with Gasteiger partial charge in [-0.25, -0.2) is 8.42 Å². The van der Waals surface area contributed by atoms with Crippen molar-refractivity contribution in [2.24, 2.45) is 5.73 Å². The molecule has 0 aromatic heterocycles. The first kappa shape index (κ1) is 16.3. The molecule has 0 radical (unpaired) electrons. The first-order valence-corrected chi connectivity index (χ1v) is 8.84. The molecule has 3 rings (SSSR count). The van der Waals surface area contributed by atoms with Gasteiger partial charge in [-0.05, 0) is 47.2 Å². The monoisotopic (exact) mass is 360 g/mol. The number of nitrogens with two attached hydrogens (primary N) is 1. The number of hydrogen-bond donors (Lipinski definition) is 2. The van der Waals surface area contributed by atoms with Gasteiger partial charge in [-0.1, -0.05) is 35.9 Å². The van der Waals surface area contributed by atoms with Gasteiger partial charge < -0.3 is 5.73 Å². The van der Waals surface area contributed by atoms with Crippen molar-refractivity contribution in [1.29, 1.82) is 0 Å². The molecule has 3 aromatic rings. The highest BCUT2D eigenvalue weighted by Gasteiger charge is 2.18. The topological polar surface area (TPSA) is 89.3 Å². The molecule has 24 heavy (non-hydrogen) atoms. The van der Waals surface area contributed by atoms with Crippen molar-refractivity contribution in [1.82, 2.24) is 0 Å². The second-order valence-electron chi connectivity index (χ2n) is 5.17. The van der Waals surface area contributed by atoms with Gasteiger partial charge in [0.25, 0.3) is 15.9 Å². The van der Waals surface area contributed by atoms with Gasteiger partial charge in [0.2, 0.25) is 0 Å². The number of hydrogen-bond acceptors (Lipinski definition) is 3. The van der Waals surface area contributed by atoms with E-state index in [0.29, 0.717) is 5.02 Å². The summed E-state index contributed by atoms with van der Waals surface area (Å²) in [5, 5.41) is 2.01. The molecule has 122 valence electrons. The smallest absolute Gasteiger partial charge is 0.261 e. The van der Waals surface area contributed by atoms with Crippen LogP contribution in [0.5, 0.6) is 0 Å². The van der Waals surface area contributed by atoms with Crippen LogP contribution in [0.15, 0.2) is 65.6 Å². The fourth-order valence-electron chi connectivity index (χ4n) is 2.35. The largest absolute Gasteiger partial charge is 0.366 e. The number of benzene rings is 3. The summed E-state index contributed by atoms with van der Waals surface area (Å²) in [5.74, 6) is -0.713. The molecule has 0 fully saturated rings. The van der Waals surface area contributed by atoms with Crippen LogP contribution in [0.25, 0.3) is 10.8 Å². The van der Waals surface area contributed by atoms with Crippen molar-refractivity contribution in [3.05, 3.63) is 71.2 Å². The Morgan fingerprint density at radius 3 is 2.12 bits per heavy atom. The third kappa shape index (κ3) is 3.20. The Kier molecular flexibility index (Phi) is 4.17. The van der Waals surface area contributed by atoms with E-state index in [-0.39, 0.29) is 16.1 Å². The van der Waals surface area contributed by atoms with Crippen LogP contribution < -0.4 is 10.5 Å². The number of carbonyl (C=O) groups is 1. The van der Waals surface area contributed by atoms with Gasteiger partial charge in [-0.3, -0.25) is 9.52 Å². The normalized spacial score (nSPS) is 11.4. The average molecular weight is 361 g/mol. The molecule has 3 aromatic carbocycles. The number of anilines is 1. The van der Waals surface area contributed by atoms with Crippen molar-refractivity contribution in [2.45, 2.75) is 4.90 Å². The van der Waals surface area contributed by atoms with E-state index in [9.17, 15) is 13.2 Å². The van der Waals surface area contributed by atoms with Crippen LogP contribution in [0.3, 0.4) is 0 Å². The summed E-state index contributed by atoms with van der Waals surface area (Å²) in [7, 11) is -3.87. The Hall–Kier alpha value is -2.57. The molecule has 0 saturated heterocycles. The van der Waals surface area contributed by atoms with Crippen molar-refractivity contribution in [2.75, 3.05) is 4.72 Å². The van der Waals surface area contributed by atoms with Crippen molar-refractivity contribution in [3.63, 3.8) is 0 Å². The van der Waals surface area contributed by atoms with Gasteiger partial charge in [-0.15, -0.1) is 0 Å². The average Bonchev–Trinajstić information content (AvgIpc) is 2.54. The minimum atomic E-state index is -3.87. The van der Waals surface area contributed by atoms with Gasteiger partial charge >= 0.3 is 0 Å². The second kappa shape index (κ2) is 6.14. The zero-order chi connectivity index (χ0) is 17.3. The number of sulfonamides is 1. The fourth-order valence-corrected chi connectivity index (χ4v) is 3.54. The number of nitrogens with one attached hydrogen (secondary N) is 1. The maximum Gasteiger partial charge on any atom is 0.261 e. The lowest BCUT2D eigenvalue weighted by atomic mass is 10.0. The Labute approximate surface area is 144 Å². The van der Waals surface area contributed by atoms with Crippen LogP contribution in [-0.4, -0.2) is 14.3 Å². The standard InChI is InChI=1S/C17H13ClN2O3S/c18-13-5-7-14(8-6-13)24(22,23)20-16-10-12-4-2-1-3-11(12)9-15(16)17(19)21/h1-10,20H,(H2,19,21). The van der Waals surface area contributed by atoms with Gasteiger partial charge in [0.05, 0.1) is 16.1 Å². The van der Waals surface area contributed by atoms with Crippen LogP contribution in [0.1, 0.15) is 10.4 Å². The second-order valence-corrected chi connectivity index (χ2v) is 7.29. The summed E-state index contributed by atoms with van der Waals surface area (Å²) in [4.78, 5) is 11.7. The summed E-state index contributed by atoms with van der Waals surface area (Å²) < 4.78 is 27.5. The molecule has 0 aliphatic carbocycles. The minimum absolute atomic E-state index is 0.0375. The molecule has 5 nitrogen and oxygen atoms in total. The van der Waals surface area contributed by atoms with Crippen molar-refractivity contribution < 1.29 is 13.2 Å². The van der Waals surface area contributed by atoms with E-state index in [4.69, 9.17) is 17.3 Å². The molecule has 3 N–H and O–H groups in total. The Morgan fingerprint density at radius 2 is 1.54 bits per heavy atom. The molecular weight excluding hydrogens is 348 g/mol. The van der Waals surface area contributed by atoms with E-state index in [1.54, 1.807) is 12.1 Å². The zero-order valence-corrected chi connectivity index (χ0v) is 13.9. The SMILES string of the molecule is NC(=O)c1cc2ccccc2cc1NS(=O)(=O)c1ccc(Cl)cc1. The van der Waals surface area contributed by atoms with E-state index < -0.39 is 15.9 Å². The van der Waals surface area contributed by atoms with Crippen molar-refractivity contribution in [3.8, 4) is 0 Å². The molecular formula is C17H13ClN2O3S. The summed E-state index contributed by atoms with van der Waals surface area (Å²) in [5.41, 5.74) is 5.63. The Morgan fingerprint density at radius 1 is 0.958 bits per heavy atom. The van der Waals surface area contributed by atoms with Gasteiger partial charge in [0.15, 0.2) is 0 Å². The number of primary amides is 1. The van der Waals surface area contributed by atoms with Crippen LogP contribution in [0.4, 0.5) is 5.69 Å². The molecule has 0 saturated carbocycles. The lowest BCUT2D eigenvalue weighted by molar-refractivity contribution is 0.100. The minimum Gasteiger partial charge on any atom is -0.366 e. The number of amides is 1. The number of halogens is 1. The molecule has 0 aliphatic rings. The van der Waals surface area contributed by atoms with Gasteiger partial charge in [-0.2, -0.15) is 0 Å². The van der Waals surface area contributed by atoms with E-state index in [1.807, 2.05) is 24.3 Å². The molecule has 7 heteroatoms. The highest BCUT2D eigenvalue weighted by molar-refractivity contribution is 7.92. The number of rotatable bonds is 4. The molecule has 0 aliphatic heterocycles. The first-order valence-electron chi connectivity index (χ1n) is 6.98. The highest BCUT2D eigenvalue weighted by atomic mass is 35.5. The van der Waals surface area contributed by atoms with Crippen LogP contribution in [-0.2, 0) is 10.0 Å². The third-order valence-electron chi connectivity index (χ3n) is 3.52. The predicted molar refractivity (Wildman–Crippen MR) is 94.7 cm³/mol. The molecule has 1 amide bonds. The lowest BCUT2D eigenvalue weighted by Gasteiger charge is -2.12. The van der Waals surface area contributed by atoms with Gasteiger partial charge in [0.1, 0.15) is 0 Å². The molecule has 0 spiro atoms. The number of carbonyl (C=O) groups excluding carboxylic acids is 1. The summed E-state index contributed by atoms with van der Waals surface area (Å²) in [6.45, 7) is 0. The molecule has 0 heterocycles. The summed E-state index contributed by atoms with van der Waals surface area (Å²) in [6, 6.07) is 16.2. The van der Waals surface area contributed by atoms with E-state index in [0.717, 1.165) is 10.8 Å². The summed E-state index contributed by atoms with van der Waals surface area (Å²) >= 11 is 5.78. The van der Waals surface area contributed by atoms with Crippen LogP contribution in [0.2, 0.25) is 5.02 Å². The molecule has 0 atom stereocenters. The van der Waals surface area contributed by atoms with Gasteiger partial charge in [0, 0.05) is 5.02 Å². The molecule has 0 bridgehead atoms. The zero-order valence-electron chi connectivity index (χ0n) is 12.4. The fraction of sp³-hybridized carbons (Fsp3) is 0. The maximum atomic E-state index is 12.5. The van der Waals surface area contributed by atoms with E-state index in [2.05, 4.69) is 4.72 Å². The lowest BCUT2D eigenvalue weighted by Crippen LogP contribution is -2.18. The Balaban J connectivity index is 2.09. The quantitative estimate of drug-likeness (QED) is 0.747. The summed E-state index contributed by atoms with van der Waals surface area (Å²) in [6.07, 6.45) is 0. The van der Waals surface area contributed by atoms with E-state index in [1.165, 1.54) is 24.3 Å². The Bertz CT molecular complexity index is 1030. The van der Waals surface area contributed by atoms with Crippen LogP contribution in [0, 0.1) is 0 Å². The first-order chi connectivity index (χ1) is 11.4. The molecule has 0 unspecified atom stereocenters. The predicted octanol–water partition coefficient (Wildman–Crippen LogP) is 3.39. The van der Waals surface area contributed by atoms with Crippen LogP contribution >= 0.6 is 11.6 Å². The van der Waals surface area contributed by atoms with E-state index >= 15 is 0 Å². The van der Waals surface area contributed by atoms with Crippen molar-refractivity contribution >= 4 is 44.0 Å². The maximum absolute atomic E-state index is 12.5. The third-order valence-corrected chi connectivity index (χ3v) is 5.15. The number of fused-ring (bicyclic) bond motifs is 1.